The van der Waals surface area contributed by atoms with Gasteiger partial charge in [0.15, 0.2) is 0 Å². The fraction of sp³-hybridized carbons (Fsp3) is 0.0435. The molecule has 1 saturated heterocycles. The Morgan fingerprint density at radius 1 is 1.06 bits per heavy atom. The monoisotopic (exact) mass is 449 g/mol. The van der Waals surface area contributed by atoms with E-state index in [2.05, 4.69) is 5.32 Å². The summed E-state index contributed by atoms with van der Waals surface area (Å²) in [5, 5.41) is 13.4. The van der Waals surface area contributed by atoms with Gasteiger partial charge in [0.1, 0.15) is 17.1 Å². The molecule has 1 aliphatic heterocycles. The molecule has 1 fully saturated rings. The molecule has 0 spiro atoms. The van der Waals surface area contributed by atoms with Gasteiger partial charge in [-0.05, 0) is 42.0 Å². The fourth-order valence-electron chi connectivity index (χ4n) is 3.17. The molecule has 2 heterocycles. The highest BCUT2D eigenvalue weighted by Gasteiger charge is 2.35. The minimum Gasteiger partial charge on any atom is -0.545 e. The van der Waals surface area contributed by atoms with Gasteiger partial charge >= 0.3 is 6.03 Å². The molecular formula is C23H14ClN2O6-. The highest BCUT2D eigenvalue weighted by atomic mass is 35.5. The quantitative estimate of drug-likeness (QED) is 0.472. The lowest BCUT2D eigenvalue weighted by Crippen LogP contribution is -2.53. The van der Waals surface area contributed by atoms with Gasteiger partial charge in [-0.25, -0.2) is 4.79 Å². The Hall–Kier alpha value is -4.17. The van der Waals surface area contributed by atoms with E-state index in [4.69, 9.17) is 16.0 Å². The number of benzene rings is 2. The van der Waals surface area contributed by atoms with Crippen LogP contribution >= 0.6 is 11.6 Å². The third-order valence-corrected chi connectivity index (χ3v) is 5.08. The lowest BCUT2D eigenvalue weighted by Gasteiger charge is -2.26. The Kier molecular flexibility index (Phi) is 5.61. The van der Waals surface area contributed by atoms with Crippen molar-refractivity contribution in [1.82, 2.24) is 10.2 Å². The van der Waals surface area contributed by atoms with Gasteiger partial charge in [0.05, 0.1) is 12.5 Å². The predicted octanol–water partition coefficient (Wildman–Crippen LogP) is 2.63. The van der Waals surface area contributed by atoms with Crippen molar-refractivity contribution >= 4 is 41.5 Å². The van der Waals surface area contributed by atoms with Crippen LogP contribution in [0.2, 0.25) is 5.02 Å². The van der Waals surface area contributed by atoms with Crippen molar-refractivity contribution in [3.05, 3.63) is 88.1 Å². The van der Waals surface area contributed by atoms with Gasteiger partial charge in [-0.3, -0.25) is 19.8 Å². The van der Waals surface area contributed by atoms with Gasteiger partial charge in [-0.15, -0.1) is 0 Å². The third-order valence-electron chi connectivity index (χ3n) is 4.75. The number of aromatic carboxylic acids is 1. The van der Waals surface area contributed by atoms with E-state index in [1.807, 2.05) is 6.07 Å². The number of carboxylic acid groups (broad SMARTS) is 1. The number of carboxylic acids is 1. The van der Waals surface area contributed by atoms with Crippen LogP contribution in [-0.4, -0.2) is 28.7 Å². The number of barbiturate groups is 1. The molecule has 32 heavy (non-hydrogen) atoms. The molecule has 4 rings (SSSR count). The summed E-state index contributed by atoms with van der Waals surface area (Å²) < 4.78 is 5.66. The van der Waals surface area contributed by atoms with Crippen molar-refractivity contribution in [3.8, 4) is 11.3 Å². The van der Waals surface area contributed by atoms with Crippen LogP contribution in [0.25, 0.3) is 17.4 Å². The third kappa shape index (κ3) is 4.17. The molecule has 0 unspecified atom stereocenters. The molecule has 160 valence electrons. The molecule has 1 aliphatic rings. The summed E-state index contributed by atoms with van der Waals surface area (Å²) in [7, 11) is 0. The highest BCUT2D eigenvalue weighted by Crippen LogP contribution is 2.28. The molecule has 0 radical (unpaired) electrons. The molecule has 0 aliphatic carbocycles. The van der Waals surface area contributed by atoms with Crippen LogP contribution in [0, 0.1) is 0 Å². The van der Waals surface area contributed by atoms with E-state index >= 15 is 0 Å². The first-order valence-corrected chi connectivity index (χ1v) is 9.75. The molecule has 4 amide bonds. The summed E-state index contributed by atoms with van der Waals surface area (Å²) in [6, 6.07) is 15.4. The van der Waals surface area contributed by atoms with E-state index in [-0.39, 0.29) is 34.2 Å². The first kappa shape index (κ1) is 21.1. The van der Waals surface area contributed by atoms with Crippen LogP contribution in [0.4, 0.5) is 4.79 Å². The molecule has 0 bridgehead atoms. The SMILES string of the molecule is O=C1NC(=O)N(Cc2ccccc2)C(=O)/C1=C/c1ccc(-c2ccc(Cl)c(C(=O)[O-])c2)o1. The molecular weight excluding hydrogens is 436 g/mol. The van der Waals surface area contributed by atoms with E-state index in [0.717, 1.165) is 10.5 Å². The van der Waals surface area contributed by atoms with Gasteiger partial charge in [-0.2, -0.15) is 0 Å². The van der Waals surface area contributed by atoms with Gasteiger partial charge in [0.2, 0.25) is 0 Å². The van der Waals surface area contributed by atoms with E-state index in [1.165, 1.54) is 24.3 Å². The number of carbonyl (C=O) groups excluding carboxylic acids is 4. The number of rotatable bonds is 5. The van der Waals surface area contributed by atoms with Crippen LogP contribution in [0.15, 0.2) is 70.7 Å². The van der Waals surface area contributed by atoms with Gasteiger partial charge in [0, 0.05) is 16.1 Å². The van der Waals surface area contributed by atoms with E-state index < -0.39 is 23.8 Å². The first-order valence-electron chi connectivity index (χ1n) is 9.37. The van der Waals surface area contributed by atoms with Crippen LogP contribution < -0.4 is 10.4 Å². The number of hydrogen-bond donors (Lipinski definition) is 1. The van der Waals surface area contributed by atoms with E-state index in [9.17, 15) is 24.3 Å². The summed E-state index contributed by atoms with van der Waals surface area (Å²) in [5.41, 5.74) is 0.667. The summed E-state index contributed by atoms with van der Waals surface area (Å²) in [6.45, 7) is -0.00366. The zero-order chi connectivity index (χ0) is 22.8. The largest absolute Gasteiger partial charge is 0.545 e. The summed E-state index contributed by atoms with van der Waals surface area (Å²) in [5.74, 6) is -2.58. The second-order valence-corrected chi connectivity index (χ2v) is 7.29. The number of urea groups is 1. The molecule has 0 atom stereocenters. The Labute approximate surface area is 186 Å². The number of hydrogen-bond acceptors (Lipinski definition) is 6. The van der Waals surface area contributed by atoms with Gasteiger partial charge in [-0.1, -0.05) is 41.9 Å². The molecule has 8 nitrogen and oxygen atoms in total. The maximum Gasteiger partial charge on any atom is 0.331 e. The number of amides is 4. The summed E-state index contributed by atoms with van der Waals surface area (Å²) in [6.07, 6.45) is 1.22. The zero-order valence-electron chi connectivity index (χ0n) is 16.3. The molecule has 0 saturated carbocycles. The number of imide groups is 2. The minimum atomic E-state index is -1.43. The van der Waals surface area contributed by atoms with Crippen molar-refractivity contribution in [1.29, 1.82) is 0 Å². The Bertz CT molecular complexity index is 1280. The topological polar surface area (TPSA) is 120 Å². The van der Waals surface area contributed by atoms with Gasteiger partial charge < -0.3 is 14.3 Å². The van der Waals surface area contributed by atoms with Crippen molar-refractivity contribution in [2.24, 2.45) is 0 Å². The maximum absolute atomic E-state index is 12.8. The van der Waals surface area contributed by atoms with Gasteiger partial charge in [0.25, 0.3) is 11.8 Å². The predicted molar refractivity (Wildman–Crippen MR) is 112 cm³/mol. The van der Waals surface area contributed by atoms with E-state index in [1.54, 1.807) is 36.4 Å². The van der Waals surface area contributed by atoms with Crippen LogP contribution in [-0.2, 0) is 16.1 Å². The van der Waals surface area contributed by atoms with Crippen LogP contribution in [0.5, 0.6) is 0 Å². The standard InChI is InChI=1S/C23H15ClN2O6/c24-18-8-6-14(10-16(18)22(29)30)19-9-7-15(32-19)11-17-20(27)25-23(31)26(21(17)28)12-13-4-2-1-3-5-13/h1-11H,12H2,(H,29,30)(H,25,27,31)/p-1/b17-11+. The van der Waals surface area contributed by atoms with Crippen molar-refractivity contribution in [3.63, 3.8) is 0 Å². The average molecular weight is 450 g/mol. The number of halogens is 1. The second kappa shape index (κ2) is 8.52. The first-order chi connectivity index (χ1) is 15.3. The molecule has 1 aromatic heterocycles. The van der Waals surface area contributed by atoms with Crippen LogP contribution in [0.3, 0.4) is 0 Å². The number of nitrogens with zero attached hydrogens (tertiary/aromatic N) is 1. The summed E-state index contributed by atoms with van der Waals surface area (Å²) in [4.78, 5) is 49.4. The van der Waals surface area contributed by atoms with Crippen molar-refractivity contribution in [2.45, 2.75) is 6.54 Å². The number of nitrogens with one attached hydrogen (secondary N) is 1. The fourth-order valence-corrected chi connectivity index (χ4v) is 3.36. The lowest BCUT2D eigenvalue weighted by atomic mass is 10.1. The highest BCUT2D eigenvalue weighted by molar-refractivity contribution is 6.33. The number of carbonyl (C=O) groups is 4. The molecule has 2 aromatic carbocycles. The average Bonchev–Trinajstić information content (AvgIpc) is 3.24. The van der Waals surface area contributed by atoms with Crippen LogP contribution in [0.1, 0.15) is 21.7 Å². The summed E-state index contributed by atoms with van der Waals surface area (Å²) >= 11 is 5.85. The smallest absolute Gasteiger partial charge is 0.331 e. The van der Waals surface area contributed by atoms with Crippen molar-refractivity contribution in [2.75, 3.05) is 0 Å². The Balaban J connectivity index is 1.62. The number of furan rings is 1. The molecule has 9 heteroatoms. The zero-order valence-corrected chi connectivity index (χ0v) is 17.1. The van der Waals surface area contributed by atoms with E-state index in [0.29, 0.717) is 5.56 Å². The van der Waals surface area contributed by atoms with Crippen molar-refractivity contribution < 1.29 is 28.7 Å². The minimum absolute atomic E-state index is 0.00366. The maximum atomic E-state index is 12.8. The Morgan fingerprint density at radius 3 is 2.53 bits per heavy atom. The second-order valence-electron chi connectivity index (χ2n) is 6.88. The molecule has 1 N–H and O–H groups in total. The molecule has 3 aromatic rings. The lowest BCUT2D eigenvalue weighted by molar-refractivity contribution is -0.255. The Morgan fingerprint density at radius 2 is 1.81 bits per heavy atom. The normalized spacial score (nSPS) is 15.2.